The number of carbonyl (C=O) groups is 1. The number of nitrogens with one attached hydrogen (secondary N) is 2. The molecule has 2 aromatic rings. The van der Waals surface area contributed by atoms with E-state index in [-0.39, 0.29) is 5.91 Å². The fourth-order valence-corrected chi connectivity index (χ4v) is 3.59. The van der Waals surface area contributed by atoms with E-state index in [1.165, 1.54) is 0 Å². The summed E-state index contributed by atoms with van der Waals surface area (Å²) in [5.41, 5.74) is 3.78. The van der Waals surface area contributed by atoms with E-state index >= 15 is 0 Å². The van der Waals surface area contributed by atoms with Crippen LogP contribution in [0.25, 0.3) is 0 Å². The van der Waals surface area contributed by atoms with Crippen LogP contribution in [0.4, 0.5) is 5.69 Å². The SMILES string of the molecule is COc1ccccc1N1CCN(C(=O)c2n[nH]c3c2CNCC3)CC1. The Bertz CT molecular complexity index is 765. The van der Waals surface area contributed by atoms with E-state index in [2.05, 4.69) is 26.5 Å². The fourth-order valence-electron chi connectivity index (χ4n) is 3.59. The number of benzene rings is 1. The number of ether oxygens (including phenoxy) is 1. The van der Waals surface area contributed by atoms with Crippen molar-refractivity contribution in [1.82, 2.24) is 20.4 Å². The Kier molecular flexibility index (Phi) is 4.31. The highest BCUT2D eigenvalue weighted by Crippen LogP contribution is 2.28. The largest absolute Gasteiger partial charge is 0.495 e. The van der Waals surface area contributed by atoms with Crippen LogP contribution in [0, 0.1) is 0 Å². The molecule has 4 rings (SSSR count). The Morgan fingerprint density at radius 2 is 2.00 bits per heavy atom. The maximum atomic E-state index is 12.9. The van der Waals surface area contributed by atoms with Crippen LogP contribution in [0.1, 0.15) is 21.7 Å². The molecule has 1 fully saturated rings. The van der Waals surface area contributed by atoms with E-state index in [4.69, 9.17) is 4.74 Å². The number of hydrogen-bond acceptors (Lipinski definition) is 5. The Labute approximate surface area is 147 Å². The summed E-state index contributed by atoms with van der Waals surface area (Å²) in [5, 5.41) is 10.6. The summed E-state index contributed by atoms with van der Waals surface area (Å²) in [5.74, 6) is 0.899. The van der Waals surface area contributed by atoms with Gasteiger partial charge in [0.05, 0.1) is 12.8 Å². The van der Waals surface area contributed by atoms with Gasteiger partial charge in [-0.05, 0) is 12.1 Å². The van der Waals surface area contributed by atoms with Gasteiger partial charge in [-0.25, -0.2) is 0 Å². The molecule has 0 radical (unpaired) electrons. The molecule has 2 N–H and O–H groups in total. The lowest BCUT2D eigenvalue weighted by molar-refractivity contribution is 0.0739. The van der Waals surface area contributed by atoms with Crippen molar-refractivity contribution < 1.29 is 9.53 Å². The number of carbonyl (C=O) groups excluding carboxylic acids is 1. The number of anilines is 1. The zero-order valence-corrected chi connectivity index (χ0v) is 14.4. The van der Waals surface area contributed by atoms with E-state index in [0.717, 1.165) is 48.7 Å². The minimum atomic E-state index is 0.0286. The molecule has 132 valence electrons. The maximum Gasteiger partial charge on any atom is 0.274 e. The predicted octanol–water partition coefficient (Wildman–Crippen LogP) is 1.03. The first-order valence-electron chi connectivity index (χ1n) is 8.72. The number of nitrogens with zero attached hydrogens (tertiary/aromatic N) is 3. The van der Waals surface area contributed by atoms with Gasteiger partial charge < -0.3 is 19.9 Å². The van der Waals surface area contributed by atoms with Gasteiger partial charge in [-0.3, -0.25) is 9.89 Å². The van der Waals surface area contributed by atoms with Crippen LogP contribution >= 0.6 is 0 Å². The van der Waals surface area contributed by atoms with Crippen molar-refractivity contribution in [2.75, 3.05) is 44.7 Å². The summed E-state index contributed by atoms with van der Waals surface area (Å²) in [4.78, 5) is 17.0. The molecule has 0 atom stereocenters. The zero-order valence-electron chi connectivity index (χ0n) is 14.4. The van der Waals surface area contributed by atoms with Crippen LogP contribution in [0.15, 0.2) is 24.3 Å². The lowest BCUT2D eigenvalue weighted by Gasteiger charge is -2.36. The minimum absolute atomic E-state index is 0.0286. The number of aromatic nitrogens is 2. The lowest BCUT2D eigenvalue weighted by atomic mass is 10.1. The number of hydrogen-bond donors (Lipinski definition) is 2. The molecular weight excluding hydrogens is 318 g/mol. The van der Waals surface area contributed by atoms with Gasteiger partial charge in [-0.15, -0.1) is 0 Å². The molecular formula is C18H23N5O2. The second kappa shape index (κ2) is 6.76. The number of aromatic amines is 1. The number of fused-ring (bicyclic) bond motifs is 1. The molecule has 0 saturated carbocycles. The van der Waals surface area contributed by atoms with E-state index in [0.29, 0.717) is 25.3 Å². The van der Waals surface area contributed by atoms with Crippen molar-refractivity contribution in [3.05, 3.63) is 41.2 Å². The highest BCUT2D eigenvalue weighted by atomic mass is 16.5. The summed E-state index contributed by atoms with van der Waals surface area (Å²) in [6.45, 7) is 4.60. The minimum Gasteiger partial charge on any atom is -0.495 e. The molecule has 0 aliphatic carbocycles. The topological polar surface area (TPSA) is 73.5 Å². The first kappa shape index (κ1) is 16.0. The fraction of sp³-hybridized carbons (Fsp3) is 0.444. The molecule has 1 aromatic carbocycles. The van der Waals surface area contributed by atoms with Crippen LogP contribution in [0.5, 0.6) is 5.75 Å². The number of methoxy groups -OCH3 is 1. The Morgan fingerprint density at radius 3 is 2.80 bits per heavy atom. The quantitative estimate of drug-likeness (QED) is 0.872. The summed E-state index contributed by atoms with van der Waals surface area (Å²) in [6.07, 6.45) is 0.900. The first-order valence-corrected chi connectivity index (χ1v) is 8.72. The lowest BCUT2D eigenvalue weighted by Crippen LogP contribution is -2.49. The van der Waals surface area contributed by atoms with Gasteiger partial charge in [0.2, 0.25) is 0 Å². The molecule has 1 aromatic heterocycles. The first-order chi connectivity index (χ1) is 12.3. The Morgan fingerprint density at radius 1 is 1.20 bits per heavy atom. The molecule has 1 saturated heterocycles. The van der Waals surface area contributed by atoms with Gasteiger partial charge in [0.1, 0.15) is 5.75 Å². The summed E-state index contributed by atoms with van der Waals surface area (Å²) in [6, 6.07) is 8.01. The molecule has 0 spiro atoms. The molecule has 7 nitrogen and oxygen atoms in total. The van der Waals surface area contributed by atoms with Crippen molar-refractivity contribution in [3.8, 4) is 5.75 Å². The molecule has 2 aliphatic heterocycles. The highest BCUT2D eigenvalue weighted by molar-refractivity contribution is 5.94. The van der Waals surface area contributed by atoms with Crippen LogP contribution in [0.3, 0.4) is 0 Å². The van der Waals surface area contributed by atoms with Crippen LogP contribution in [0.2, 0.25) is 0 Å². The normalized spacial score (nSPS) is 17.3. The monoisotopic (exact) mass is 341 g/mol. The summed E-state index contributed by atoms with van der Waals surface area (Å²) < 4.78 is 5.45. The van der Waals surface area contributed by atoms with Gasteiger partial charge in [0.25, 0.3) is 5.91 Å². The van der Waals surface area contributed by atoms with Crippen molar-refractivity contribution in [2.24, 2.45) is 0 Å². The highest BCUT2D eigenvalue weighted by Gasteiger charge is 2.28. The number of para-hydroxylation sites is 2. The number of rotatable bonds is 3. The van der Waals surface area contributed by atoms with Crippen LogP contribution in [-0.4, -0.2) is 60.8 Å². The second-order valence-electron chi connectivity index (χ2n) is 6.41. The van der Waals surface area contributed by atoms with Gasteiger partial charge in [-0.1, -0.05) is 12.1 Å². The third-order valence-corrected chi connectivity index (χ3v) is 5.00. The van der Waals surface area contributed by atoms with Gasteiger partial charge >= 0.3 is 0 Å². The van der Waals surface area contributed by atoms with E-state index < -0.39 is 0 Å². The average molecular weight is 341 g/mol. The number of amides is 1. The molecule has 25 heavy (non-hydrogen) atoms. The Hall–Kier alpha value is -2.54. The zero-order chi connectivity index (χ0) is 17.2. The average Bonchev–Trinajstić information content (AvgIpc) is 3.11. The van der Waals surface area contributed by atoms with E-state index in [9.17, 15) is 4.79 Å². The molecule has 7 heteroatoms. The third kappa shape index (κ3) is 2.95. The Balaban J connectivity index is 1.45. The smallest absolute Gasteiger partial charge is 0.274 e. The van der Waals surface area contributed by atoms with Crippen LogP contribution < -0.4 is 15.0 Å². The van der Waals surface area contributed by atoms with Crippen molar-refractivity contribution in [3.63, 3.8) is 0 Å². The molecule has 1 amide bonds. The van der Waals surface area contributed by atoms with E-state index in [1.54, 1.807) is 7.11 Å². The van der Waals surface area contributed by atoms with E-state index in [1.807, 2.05) is 23.1 Å². The van der Waals surface area contributed by atoms with Gasteiger partial charge in [-0.2, -0.15) is 5.10 Å². The van der Waals surface area contributed by atoms with Crippen molar-refractivity contribution >= 4 is 11.6 Å². The van der Waals surface area contributed by atoms with Crippen LogP contribution in [-0.2, 0) is 13.0 Å². The predicted molar refractivity (Wildman–Crippen MR) is 95.1 cm³/mol. The summed E-state index contributed by atoms with van der Waals surface area (Å²) in [7, 11) is 1.69. The molecule has 2 aliphatic rings. The molecule has 0 unspecified atom stereocenters. The molecule has 0 bridgehead atoms. The maximum absolute atomic E-state index is 12.9. The third-order valence-electron chi connectivity index (χ3n) is 5.00. The standard InChI is InChI=1S/C18H23N5O2/c1-25-16-5-3-2-4-15(16)22-8-10-23(11-9-22)18(24)17-13-12-19-7-6-14(13)20-21-17/h2-5,19H,6-12H2,1H3,(H,20,21). The van der Waals surface area contributed by atoms with Gasteiger partial charge in [0, 0.05) is 56.9 Å². The molecule has 3 heterocycles. The number of piperazine rings is 1. The van der Waals surface area contributed by atoms with Crippen molar-refractivity contribution in [1.29, 1.82) is 0 Å². The van der Waals surface area contributed by atoms with Gasteiger partial charge in [0.15, 0.2) is 5.69 Å². The second-order valence-corrected chi connectivity index (χ2v) is 6.41. The summed E-state index contributed by atoms with van der Waals surface area (Å²) >= 11 is 0. The number of H-pyrrole nitrogens is 1. The van der Waals surface area contributed by atoms with Crippen molar-refractivity contribution in [2.45, 2.75) is 13.0 Å².